The number of ether oxygens (including phenoxy) is 2. The summed E-state index contributed by atoms with van der Waals surface area (Å²) in [5, 5.41) is 4.83. The van der Waals surface area contributed by atoms with E-state index < -0.39 is 0 Å². The Morgan fingerprint density at radius 3 is 2.57 bits per heavy atom. The van der Waals surface area contributed by atoms with Gasteiger partial charge >= 0.3 is 0 Å². The van der Waals surface area contributed by atoms with E-state index in [0.717, 1.165) is 42.3 Å². The van der Waals surface area contributed by atoms with Gasteiger partial charge in [-0.05, 0) is 67.6 Å². The Balaban J connectivity index is 1.52. The van der Waals surface area contributed by atoms with Gasteiger partial charge in [0.25, 0.3) is 5.91 Å². The van der Waals surface area contributed by atoms with Gasteiger partial charge in [-0.25, -0.2) is 0 Å². The number of aromatic nitrogens is 1. The second-order valence-corrected chi connectivity index (χ2v) is 10.5. The monoisotopic (exact) mass is 501 g/mol. The molecule has 196 valence electrons. The molecular weight excluding hydrogens is 462 g/mol. The molecule has 1 saturated heterocycles. The smallest absolute Gasteiger partial charge is 0.254 e. The number of fused-ring (bicyclic) bond motifs is 1. The van der Waals surface area contributed by atoms with Gasteiger partial charge in [0, 0.05) is 35.8 Å². The molecule has 0 spiro atoms. The molecule has 0 bridgehead atoms. The Morgan fingerprint density at radius 2 is 1.81 bits per heavy atom. The van der Waals surface area contributed by atoms with E-state index in [1.807, 2.05) is 42.6 Å². The summed E-state index contributed by atoms with van der Waals surface area (Å²) in [7, 11) is 3.23. The van der Waals surface area contributed by atoms with Gasteiger partial charge in [0.05, 0.1) is 19.7 Å². The van der Waals surface area contributed by atoms with Gasteiger partial charge in [0.2, 0.25) is 0 Å². The number of hydrogen-bond acceptors (Lipinski definition) is 5. The van der Waals surface area contributed by atoms with Crippen LogP contribution in [-0.4, -0.2) is 48.6 Å². The van der Waals surface area contributed by atoms with Crippen molar-refractivity contribution in [1.82, 2.24) is 15.2 Å². The third kappa shape index (κ3) is 5.90. The van der Waals surface area contributed by atoms with Gasteiger partial charge in [-0.3, -0.25) is 9.78 Å². The number of pyridine rings is 1. The van der Waals surface area contributed by atoms with Crippen LogP contribution in [0.3, 0.4) is 0 Å². The number of nitrogens with zero attached hydrogens (tertiary/aromatic N) is 2. The number of carbonyl (C=O) groups excluding carboxylic acids is 1. The molecule has 2 fully saturated rings. The molecule has 1 amide bonds. The lowest BCUT2D eigenvalue weighted by molar-refractivity contribution is 0.0570. The van der Waals surface area contributed by atoms with Crippen molar-refractivity contribution in [2.75, 3.05) is 20.8 Å². The lowest BCUT2D eigenvalue weighted by Crippen LogP contribution is -2.51. The molecular formula is C31H39N3O3. The Morgan fingerprint density at radius 1 is 1.00 bits per heavy atom. The number of amides is 1. The third-order valence-corrected chi connectivity index (χ3v) is 8.15. The molecule has 1 aromatic heterocycles. The molecule has 6 nitrogen and oxygen atoms in total. The molecule has 2 atom stereocenters. The van der Waals surface area contributed by atoms with Gasteiger partial charge in [-0.2, -0.15) is 0 Å². The molecule has 5 rings (SSSR count). The third-order valence-electron chi connectivity index (χ3n) is 8.15. The number of benzene rings is 2. The van der Waals surface area contributed by atoms with Crippen molar-refractivity contribution in [1.29, 1.82) is 0 Å². The molecule has 37 heavy (non-hydrogen) atoms. The largest absolute Gasteiger partial charge is 0.493 e. The fourth-order valence-corrected chi connectivity index (χ4v) is 6.19. The normalized spacial score (nSPS) is 19.0. The number of methoxy groups -OCH3 is 2. The van der Waals surface area contributed by atoms with E-state index in [9.17, 15) is 4.79 Å². The minimum atomic E-state index is 0.0311. The average molecular weight is 502 g/mol. The molecule has 2 aliphatic rings. The average Bonchev–Trinajstić information content (AvgIpc) is 3.49. The minimum Gasteiger partial charge on any atom is -0.493 e. The lowest BCUT2D eigenvalue weighted by atomic mass is 9.82. The highest BCUT2D eigenvalue weighted by Crippen LogP contribution is 2.34. The van der Waals surface area contributed by atoms with Crippen molar-refractivity contribution >= 4 is 16.8 Å². The molecule has 2 aromatic carbocycles. The second kappa shape index (κ2) is 12.0. The highest BCUT2D eigenvalue weighted by Gasteiger charge is 2.35. The molecule has 1 aliphatic carbocycles. The first-order chi connectivity index (χ1) is 18.2. The van der Waals surface area contributed by atoms with Crippen molar-refractivity contribution in [3.05, 3.63) is 65.9 Å². The molecule has 1 unspecified atom stereocenters. The summed E-state index contributed by atoms with van der Waals surface area (Å²) in [6, 6.07) is 16.3. The Kier molecular flexibility index (Phi) is 8.24. The summed E-state index contributed by atoms with van der Waals surface area (Å²) >= 11 is 0. The number of carbonyl (C=O) groups is 1. The first-order valence-corrected chi connectivity index (χ1v) is 13.8. The summed E-state index contributed by atoms with van der Waals surface area (Å²) in [6.07, 6.45) is 11.7. The second-order valence-electron chi connectivity index (χ2n) is 10.5. The number of hydrogen-bond donors (Lipinski definition) is 1. The topological polar surface area (TPSA) is 63.7 Å². The Hall–Kier alpha value is -3.12. The van der Waals surface area contributed by atoms with E-state index in [-0.39, 0.29) is 11.9 Å². The van der Waals surface area contributed by atoms with Crippen LogP contribution in [0, 0.1) is 5.92 Å². The Bertz CT molecular complexity index is 1200. The highest BCUT2D eigenvalue weighted by molar-refractivity contribution is 5.95. The van der Waals surface area contributed by atoms with Gasteiger partial charge in [0.1, 0.15) is 0 Å². The van der Waals surface area contributed by atoms with Gasteiger partial charge in [-0.15, -0.1) is 0 Å². The summed E-state index contributed by atoms with van der Waals surface area (Å²) < 4.78 is 11.0. The molecule has 3 aromatic rings. The number of rotatable bonds is 9. The predicted octanol–water partition coefficient (Wildman–Crippen LogP) is 5.99. The van der Waals surface area contributed by atoms with E-state index in [1.165, 1.54) is 32.1 Å². The van der Waals surface area contributed by atoms with E-state index in [1.54, 1.807) is 14.2 Å². The van der Waals surface area contributed by atoms with Crippen LogP contribution in [0.1, 0.15) is 67.3 Å². The van der Waals surface area contributed by atoms with Crippen LogP contribution in [0.4, 0.5) is 0 Å². The molecule has 6 heteroatoms. The van der Waals surface area contributed by atoms with E-state index in [0.29, 0.717) is 35.6 Å². The highest BCUT2D eigenvalue weighted by atomic mass is 16.5. The van der Waals surface area contributed by atoms with Crippen LogP contribution >= 0.6 is 0 Å². The van der Waals surface area contributed by atoms with E-state index in [4.69, 9.17) is 14.5 Å². The Labute approximate surface area is 220 Å². The van der Waals surface area contributed by atoms with Gasteiger partial charge < -0.3 is 19.7 Å². The molecule has 1 saturated carbocycles. The van der Waals surface area contributed by atoms with Crippen molar-refractivity contribution in [2.24, 2.45) is 5.92 Å². The molecule has 2 heterocycles. The fourth-order valence-electron chi connectivity index (χ4n) is 6.19. The summed E-state index contributed by atoms with van der Waals surface area (Å²) in [5.74, 6) is 1.89. The maximum absolute atomic E-state index is 14.3. The van der Waals surface area contributed by atoms with Crippen molar-refractivity contribution in [3.63, 3.8) is 0 Å². The van der Waals surface area contributed by atoms with Crippen LogP contribution in [0.5, 0.6) is 11.5 Å². The minimum absolute atomic E-state index is 0.0311. The van der Waals surface area contributed by atoms with Crippen LogP contribution in [0.25, 0.3) is 10.9 Å². The van der Waals surface area contributed by atoms with Crippen LogP contribution in [0.15, 0.2) is 54.7 Å². The maximum atomic E-state index is 14.3. The predicted molar refractivity (Wildman–Crippen MR) is 147 cm³/mol. The van der Waals surface area contributed by atoms with Crippen molar-refractivity contribution < 1.29 is 14.3 Å². The molecule has 1 N–H and O–H groups in total. The molecule has 0 radical (unpaired) electrons. The lowest BCUT2D eigenvalue weighted by Gasteiger charge is -2.39. The van der Waals surface area contributed by atoms with Crippen LogP contribution in [-0.2, 0) is 6.54 Å². The van der Waals surface area contributed by atoms with Crippen molar-refractivity contribution in [3.8, 4) is 11.5 Å². The fraction of sp³-hybridized carbons (Fsp3) is 0.484. The van der Waals surface area contributed by atoms with E-state index in [2.05, 4.69) is 22.3 Å². The first-order valence-electron chi connectivity index (χ1n) is 13.8. The number of para-hydroxylation sites is 1. The van der Waals surface area contributed by atoms with Crippen LogP contribution < -0.4 is 14.8 Å². The standard InChI is InChI=1S/C31H39N3O3/c1-36-29-15-14-25(19-30(29)37-2)31(35)34(21-23-17-24-11-6-7-12-26(24)33-20-23)28(27-13-8-16-32-27)18-22-9-4-3-5-10-22/h6-7,11-12,14-15,17,19-20,22,27-28,32H,3-5,8-10,13,16,18,21H2,1-2H3/t27?,28-/m0/s1. The summed E-state index contributed by atoms with van der Waals surface area (Å²) in [6.45, 7) is 1.54. The number of nitrogens with one attached hydrogen (secondary N) is 1. The van der Waals surface area contributed by atoms with Gasteiger partial charge in [0.15, 0.2) is 11.5 Å². The zero-order chi connectivity index (χ0) is 25.6. The molecule has 1 aliphatic heterocycles. The zero-order valence-corrected chi connectivity index (χ0v) is 22.1. The first kappa shape index (κ1) is 25.5. The summed E-state index contributed by atoms with van der Waals surface area (Å²) in [5.41, 5.74) is 2.65. The SMILES string of the molecule is COc1ccc(C(=O)N(Cc2cnc3ccccc3c2)[C@@H](CC2CCCCC2)C2CCCN2)cc1OC. The zero-order valence-electron chi connectivity index (χ0n) is 22.1. The van der Waals surface area contributed by atoms with Gasteiger partial charge in [-0.1, -0.05) is 50.3 Å². The van der Waals surface area contributed by atoms with Crippen molar-refractivity contribution in [2.45, 2.75) is 70.0 Å². The van der Waals surface area contributed by atoms with E-state index >= 15 is 0 Å². The summed E-state index contributed by atoms with van der Waals surface area (Å²) in [4.78, 5) is 21.1. The quantitative estimate of drug-likeness (QED) is 0.390. The van der Waals surface area contributed by atoms with Crippen LogP contribution in [0.2, 0.25) is 0 Å². The maximum Gasteiger partial charge on any atom is 0.254 e.